The first-order valence-corrected chi connectivity index (χ1v) is 7.78. The molecule has 1 amide bonds. The summed E-state index contributed by atoms with van der Waals surface area (Å²) in [6.07, 6.45) is 6.73. The summed E-state index contributed by atoms with van der Waals surface area (Å²) in [5.41, 5.74) is 0.634. The summed E-state index contributed by atoms with van der Waals surface area (Å²) in [7, 11) is 0. The van der Waals surface area contributed by atoms with Gasteiger partial charge in [-0.15, -0.1) is 0 Å². The zero-order valence-electron chi connectivity index (χ0n) is 12.2. The number of amides is 1. The zero-order chi connectivity index (χ0) is 14.7. The van der Waals surface area contributed by atoms with Crippen molar-refractivity contribution in [2.45, 2.75) is 44.7 Å². The molecule has 2 fully saturated rings. The number of rotatable bonds is 4. The molecule has 2 aliphatic rings. The summed E-state index contributed by atoms with van der Waals surface area (Å²) in [5.74, 6) is 0.658. The molecule has 0 aromatic carbocycles. The topological polar surface area (TPSA) is 78.1 Å². The highest BCUT2D eigenvalue weighted by atomic mass is 16.2. The van der Waals surface area contributed by atoms with E-state index in [4.69, 9.17) is 0 Å². The molecule has 6 heteroatoms. The van der Waals surface area contributed by atoms with Crippen molar-refractivity contribution >= 4 is 5.91 Å². The van der Waals surface area contributed by atoms with E-state index in [1.807, 2.05) is 4.90 Å². The Morgan fingerprint density at radius 2 is 2.10 bits per heavy atom. The van der Waals surface area contributed by atoms with Crippen molar-refractivity contribution in [2.75, 3.05) is 13.1 Å². The van der Waals surface area contributed by atoms with Gasteiger partial charge in [-0.1, -0.05) is 6.42 Å². The van der Waals surface area contributed by atoms with Gasteiger partial charge in [0.2, 0.25) is 5.91 Å². The Morgan fingerprint density at radius 3 is 2.71 bits per heavy atom. The number of carbonyl (C=O) groups is 1. The lowest BCUT2D eigenvalue weighted by atomic mass is 9.84. The summed E-state index contributed by atoms with van der Waals surface area (Å²) >= 11 is 0. The molecule has 1 aliphatic carbocycles. The molecule has 0 atom stereocenters. The summed E-state index contributed by atoms with van der Waals surface area (Å²) in [5, 5.41) is 3.43. The van der Waals surface area contributed by atoms with E-state index in [1.165, 1.54) is 18.8 Å². The molecule has 2 heterocycles. The van der Waals surface area contributed by atoms with Crippen LogP contribution >= 0.6 is 0 Å². The van der Waals surface area contributed by atoms with Crippen molar-refractivity contribution in [3.8, 4) is 0 Å². The molecular weight excluding hydrogens is 268 g/mol. The van der Waals surface area contributed by atoms with Crippen LogP contribution in [0.1, 0.15) is 37.8 Å². The number of hydrogen-bond acceptors (Lipinski definition) is 4. The Morgan fingerprint density at radius 1 is 1.33 bits per heavy atom. The lowest BCUT2D eigenvalue weighted by Gasteiger charge is -2.36. The van der Waals surface area contributed by atoms with E-state index >= 15 is 0 Å². The van der Waals surface area contributed by atoms with Crippen molar-refractivity contribution in [1.29, 1.82) is 0 Å². The van der Waals surface area contributed by atoms with E-state index in [0.29, 0.717) is 24.4 Å². The third-order valence-corrected chi connectivity index (χ3v) is 4.57. The van der Waals surface area contributed by atoms with Crippen LogP contribution in [0.2, 0.25) is 0 Å². The number of hydrogen-bond donors (Lipinski definition) is 2. The van der Waals surface area contributed by atoms with Gasteiger partial charge in [0.05, 0.1) is 12.0 Å². The predicted octanol–water partition coefficient (Wildman–Crippen LogP) is 0.651. The minimum Gasteiger partial charge on any atom is -0.342 e. The summed E-state index contributed by atoms with van der Waals surface area (Å²) in [6, 6.07) is 1.92. The van der Waals surface area contributed by atoms with E-state index in [1.54, 1.807) is 0 Å². The van der Waals surface area contributed by atoms with Crippen LogP contribution in [-0.4, -0.2) is 39.9 Å². The van der Waals surface area contributed by atoms with E-state index in [9.17, 15) is 9.59 Å². The van der Waals surface area contributed by atoms with Gasteiger partial charge in [-0.3, -0.25) is 9.59 Å². The highest BCUT2D eigenvalue weighted by Crippen LogP contribution is 2.29. The third-order valence-electron chi connectivity index (χ3n) is 4.57. The molecule has 1 saturated heterocycles. The standard InChI is InChI=1S/C15H22N4O2/c20-14-8-13(17-10-18-14)9-16-12-4-6-19(7-5-12)15(21)11-2-1-3-11/h8,10-12,16H,1-7,9H2,(H,17,18,20). The Labute approximate surface area is 124 Å². The number of aromatic amines is 1. The second-order valence-corrected chi connectivity index (χ2v) is 6.01. The number of carbonyl (C=O) groups excluding carboxylic acids is 1. The summed E-state index contributed by atoms with van der Waals surface area (Å²) < 4.78 is 0. The first kappa shape index (κ1) is 14.3. The zero-order valence-corrected chi connectivity index (χ0v) is 12.2. The largest absolute Gasteiger partial charge is 0.342 e. The van der Waals surface area contributed by atoms with Crippen LogP contribution in [0.3, 0.4) is 0 Å². The maximum atomic E-state index is 12.2. The predicted molar refractivity (Wildman–Crippen MR) is 78.6 cm³/mol. The molecule has 1 aliphatic heterocycles. The Balaban J connectivity index is 1.43. The Bertz CT molecular complexity index is 545. The van der Waals surface area contributed by atoms with Gasteiger partial charge in [0.25, 0.3) is 5.56 Å². The van der Waals surface area contributed by atoms with Gasteiger partial charge in [-0.25, -0.2) is 4.98 Å². The van der Waals surface area contributed by atoms with Crippen molar-refractivity contribution in [1.82, 2.24) is 20.2 Å². The Kier molecular flexibility index (Phi) is 4.34. The van der Waals surface area contributed by atoms with Crippen LogP contribution in [0.4, 0.5) is 0 Å². The average Bonchev–Trinajstić information content (AvgIpc) is 2.44. The van der Waals surface area contributed by atoms with Gasteiger partial charge in [0, 0.05) is 37.7 Å². The number of H-pyrrole nitrogens is 1. The van der Waals surface area contributed by atoms with Crippen LogP contribution in [0, 0.1) is 5.92 Å². The van der Waals surface area contributed by atoms with E-state index in [2.05, 4.69) is 15.3 Å². The molecular formula is C15H22N4O2. The normalized spacial score (nSPS) is 20.3. The van der Waals surface area contributed by atoms with Crippen molar-refractivity contribution in [3.63, 3.8) is 0 Å². The smallest absolute Gasteiger partial charge is 0.250 e. The maximum Gasteiger partial charge on any atom is 0.250 e. The number of nitrogens with one attached hydrogen (secondary N) is 2. The number of likely N-dealkylation sites (tertiary alicyclic amines) is 1. The average molecular weight is 290 g/mol. The molecule has 3 rings (SSSR count). The van der Waals surface area contributed by atoms with Gasteiger partial charge >= 0.3 is 0 Å². The first-order chi connectivity index (χ1) is 10.2. The van der Waals surface area contributed by atoms with Crippen molar-refractivity contribution in [3.05, 3.63) is 28.4 Å². The molecule has 0 radical (unpaired) electrons. The fourth-order valence-electron chi connectivity index (χ4n) is 2.97. The van der Waals surface area contributed by atoms with Crippen molar-refractivity contribution in [2.24, 2.45) is 5.92 Å². The van der Waals surface area contributed by atoms with Gasteiger partial charge in [-0.2, -0.15) is 0 Å². The second-order valence-electron chi connectivity index (χ2n) is 6.01. The highest BCUT2D eigenvalue weighted by Gasteiger charge is 2.31. The fourth-order valence-corrected chi connectivity index (χ4v) is 2.97. The van der Waals surface area contributed by atoms with Crippen LogP contribution in [-0.2, 0) is 11.3 Å². The molecule has 0 spiro atoms. The second kappa shape index (κ2) is 6.39. The van der Waals surface area contributed by atoms with Crippen LogP contribution in [0.5, 0.6) is 0 Å². The van der Waals surface area contributed by atoms with Crippen molar-refractivity contribution < 1.29 is 4.79 Å². The maximum absolute atomic E-state index is 12.2. The monoisotopic (exact) mass is 290 g/mol. The number of piperidine rings is 1. The molecule has 0 bridgehead atoms. The summed E-state index contributed by atoms with van der Waals surface area (Å²) in [4.78, 5) is 32.0. The van der Waals surface area contributed by atoms with Crippen LogP contribution in [0.15, 0.2) is 17.2 Å². The molecule has 114 valence electrons. The quantitative estimate of drug-likeness (QED) is 0.853. The van der Waals surface area contributed by atoms with Gasteiger partial charge < -0.3 is 15.2 Å². The molecule has 1 aromatic heterocycles. The third kappa shape index (κ3) is 3.50. The fraction of sp³-hybridized carbons (Fsp3) is 0.667. The van der Waals surface area contributed by atoms with Gasteiger partial charge in [-0.05, 0) is 25.7 Å². The molecule has 6 nitrogen and oxygen atoms in total. The molecule has 21 heavy (non-hydrogen) atoms. The SMILES string of the molecule is O=C(C1CCC1)N1CCC(NCc2cc(=O)[nH]cn2)CC1. The van der Waals surface area contributed by atoms with Crippen LogP contribution < -0.4 is 10.9 Å². The van der Waals surface area contributed by atoms with Gasteiger partial charge in [0.15, 0.2) is 0 Å². The molecule has 1 saturated carbocycles. The Hall–Kier alpha value is -1.69. The van der Waals surface area contributed by atoms with Gasteiger partial charge in [0.1, 0.15) is 0 Å². The lowest BCUT2D eigenvalue weighted by molar-refractivity contribution is -0.139. The summed E-state index contributed by atoms with van der Waals surface area (Å²) in [6.45, 7) is 2.29. The minimum atomic E-state index is -0.122. The van der Waals surface area contributed by atoms with E-state index in [0.717, 1.165) is 44.5 Å². The lowest BCUT2D eigenvalue weighted by Crippen LogP contribution is -2.47. The van der Waals surface area contributed by atoms with Crippen LogP contribution in [0.25, 0.3) is 0 Å². The first-order valence-electron chi connectivity index (χ1n) is 7.78. The molecule has 2 N–H and O–H groups in total. The van der Waals surface area contributed by atoms with E-state index in [-0.39, 0.29) is 5.56 Å². The van der Waals surface area contributed by atoms with E-state index < -0.39 is 0 Å². The number of aromatic nitrogens is 2. The molecule has 1 aromatic rings. The molecule has 0 unspecified atom stereocenters. The highest BCUT2D eigenvalue weighted by molar-refractivity contribution is 5.79. The number of nitrogens with zero attached hydrogens (tertiary/aromatic N) is 2. The minimum absolute atomic E-state index is 0.122.